The van der Waals surface area contributed by atoms with Gasteiger partial charge in [-0.3, -0.25) is 4.79 Å². The maximum absolute atomic E-state index is 12.3. The number of nitrogens with zero attached hydrogens (tertiary/aromatic N) is 4. The summed E-state index contributed by atoms with van der Waals surface area (Å²) in [6.45, 7) is 6.24. The van der Waals surface area contributed by atoms with Crippen LogP contribution in [-0.4, -0.2) is 39.4 Å². The number of carbonyl (C=O) groups is 1. The first-order valence-electron chi connectivity index (χ1n) is 9.19. The highest BCUT2D eigenvalue weighted by atomic mass is 35.5. The minimum atomic E-state index is 0.0368. The van der Waals surface area contributed by atoms with Gasteiger partial charge in [0.1, 0.15) is 0 Å². The number of rotatable bonds is 8. The summed E-state index contributed by atoms with van der Waals surface area (Å²) >= 11 is 7.26. The molecule has 7 heteroatoms. The molecule has 0 bridgehead atoms. The van der Waals surface area contributed by atoms with Crippen LogP contribution in [0.25, 0.3) is 11.4 Å². The number of Topliss-reactive ketones (excluding diaryl/α,β-unsaturated/α-hetero) is 1. The van der Waals surface area contributed by atoms with E-state index >= 15 is 0 Å². The van der Waals surface area contributed by atoms with Crippen molar-refractivity contribution in [2.75, 3.05) is 23.7 Å². The van der Waals surface area contributed by atoms with Gasteiger partial charge >= 0.3 is 0 Å². The quantitative estimate of drug-likeness (QED) is 0.385. The van der Waals surface area contributed by atoms with Crippen molar-refractivity contribution in [1.82, 2.24) is 14.8 Å². The first-order valence-corrected chi connectivity index (χ1v) is 10.6. The van der Waals surface area contributed by atoms with E-state index in [-0.39, 0.29) is 5.78 Å². The molecule has 5 nitrogen and oxygen atoms in total. The van der Waals surface area contributed by atoms with E-state index in [4.69, 9.17) is 11.6 Å². The lowest BCUT2D eigenvalue weighted by molar-refractivity contribution is 0.102. The van der Waals surface area contributed by atoms with Crippen molar-refractivity contribution in [1.29, 1.82) is 0 Å². The van der Waals surface area contributed by atoms with Crippen molar-refractivity contribution < 1.29 is 4.79 Å². The van der Waals surface area contributed by atoms with Gasteiger partial charge < -0.3 is 9.47 Å². The van der Waals surface area contributed by atoms with Gasteiger partial charge in [-0.05, 0) is 62.4 Å². The maximum Gasteiger partial charge on any atom is 0.191 e. The predicted octanol–water partition coefficient (Wildman–Crippen LogP) is 4.96. The summed E-state index contributed by atoms with van der Waals surface area (Å²) in [5.74, 6) is 1.12. The third kappa shape index (κ3) is 4.56. The van der Waals surface area contributed by atoms with E-state index in [1.54, 1.807) is 24.3 Å². The lowest BCUT2D eigenvalue weighted by Gasteiger charge is -2.21. The number of hydrogen-bond donors (Lipinski definition) is 0. The standard InChI is InChI=1S/C21H23ClN4OS/c1-4-26(5-2)18-12-8-16(9-13-18)20-23-24-21(25(20)3)28-14-19(27)15-6-10-17(22)11-7-15/h6-13H,4-5,14H2,1-3H3. The molecule has 28 heavy (non-hydrogen) atoms. The molecule has 0 unspecified atom stereocenters. The largest absolute Gasteiger partial charge is 0.372 e. The second kappa shape index (κ2) is 9.26. The Labute approximate surface area is 174 Å². The first-order chi connectivity index (χ1) is 13.5. The van der Waals surface area contributed by atoms with E-state index in [0.717, 1.165) is 24.5 Å². The van der Waals surface area contributed by atoms with Crippen molar-refractivity contribution in [3.63, 3.8) is 0 Å². The van der Waals surface area contributed by atoms with E-state index in [9.17, 15) is 4.79 Å². The van der Waals surface area contributed by atoms with Crippen molar-refractivity contribution in [2.24, 2.45) is 7.05 Å². The summed E-state index contributed by atoms with van der Waals surface area (Å²) in [5, 5.41) is 9.90. The van der Waals surface area contributed by atoms with Crippen LogP contribution in [0.3, 0.4) is 0 Å². The van der Waals surface area contributed by atoms with Gasteiger partial charge in [0.05, 0.1) is 5.75 Å². The number of hydrogen-bond acceptors (Lipinski definition) is 5. The predicted molar refractivity (Wildman–Crippen MR) is 117 cm³/mol. The lowest BCUT2D eigenvalue weighted by Crippen LogP contribution is -2.21. The Hall–Kier alpha value is -2.31. The van der Waals surface area contributed by atoms with Crippen LogP contribution in [0, 0.1) is 0 Å². The van der Waals surface area contributed by atoms with E-state index in [1.807, 2.05) is 11.6 Å². The molecule has 0 saturated heterocycles. The molecule has 2 aromatic carbocycles. The monoisotopic (exact) mass is 414 g/mol. The van der Waals surface area contributed by atoms with Crippen molar-refractivity contribution in [3.8, 4) is 11.4 Å². The molecule has 0 amide bonds. The topological polar surface area (TPSA) is 51.0 Å². The third-order valence-corrected chi connectivity index (χ3v) is 5.86. The maximum atomic E-state index is 12.3. The van der Waals surface area contributed by atoms with Crippen molar-refractivity contribution >= 4 is 34.8 Å². The van der Waals surface area contributed by atoms with E-state index in [2.05, 4.69) is 53.2 Å². The fourth-order valence-corrected chi connectivity index (χ4v) is 3.88. The summed E-state index contributed by atoms with van der Waals surface area (Å²) in [5.41, 5.74) is 2.84. The lowest BCUT2D eigenvalue weighted by atomic mass is 10.1. The number of thioether (sulfide) groups is 1. The Bertz CT molecular complexity index is 934. The Morgan fingerprint density at radius 3 is 2.29 bits per heavy atom. The molecule has 0 aliphatic rings. The highest BCUT2D eigenvalue weighted by molar-refractivity contribution is 7.99. The second-order valence-electron chi connectivity index (χ2n) is 6.30. The van der Waals surface area contributed by atoms with Crippen LogP contribution >= 0.6 is 23.4 Å². The summed E-state index contributed by atoms with van der Waals surface area (Å²) in [7, 11) is 1.92. The number of carbonyl (C=O) groups excluding carboxylic acids is 1. The molecular weight excluding hydrogens is 392 g/mol. The SMILES string of the molecule is CCN(CC)c1ccc(-c2nnc(SCC(=O)c3ccc(Cl)cc3)n2C)cc1. The minimum Gasteiger partial charge on any atom is -0.372 e. The number of ketones is 1. The van der Waals surface area contributed by atoms with Crippen molar-refractivity contribution in [3.05, 3.63) is 59.1 Å². The van der Waals surface area contributed by atoms with Crippen LogP contribution in [0.5, 0.6) is 0 Å². The molecular formula is C21H23ClN4OS. The molecule has 0 aliphatic carbocycles. The van der Waals surface area contributed by atoms with Crippen LogP contribution < -0.4 is 4.90 Å². The molecule has 146 valence electrons. The zero-order chi connectivity index (χ0) is 20.1. The van der Waals surface area contributed by atoms with E-state index < -0.39 is 0 Å². The third-order valence-electron chi connectivity index (χ3n) is 4.59. The Morgan fingerprint density at radius 1 is 1.04 bits per heavy atom. The smallest absolute Gasteiger partial charge is 0.191 e. The number of halogens is 1. The van der Waals surface area contributed by atoms with E-state index in [1.165, 1.54) is 17.4 Å². The average Bonchev–Trinajstić information content (AvgIpc) is 3.08. The summed E-state index contributed by atoms with van der Waals surface area (Å²) in [6, 6.07) is 15.3. The highest BCUT2D eigenvalue weighted by Gasteiger charge is 2.14. The molecule has 0 saturated carbocycles. The van der Waals surface area contributed by atoms with E-state index in [0.29, 0.717) is 21.5 Å². The van der Waals surface area contributed by atoms with Crippen molar-refractivity contribution in [2.45, 2.75) is 19.0 Å². The summed E-state index contributed by atoms with van der Waals surface area (Å²) in [4.78, 5) is 14.6. The van der Waals surface area contributed by atoms with Gasteiger partial charge in [0.2, 0.25) is 0 Å². The summed E-state index contributed by atoms with van der Waals surface area (Å²) in [6.07, 6.45) is 0. The molecule has 3 rings (SSSR count). The molecule has 0 spiro atoms. The molecule has 0 aliphatic heterocycles. The fraction of sp³-hybridized carbons (Fsp3) is 0.286. The van der Waals surface area contributed by atoms with Crippen LogP contribution in [0.4, 0.5) is 5.69 Å². The van der Waals surface area contributed by atoms with Crippen LogP contribution in [0.1, 0.15) is 24.2 Å². The average molecular weight is 415 g/mol. The van der Waals surface area contributed by atoms with Gasteiger partial charge in [-0.25, -0.2) is 0 Å². The zero-order valence-electron chi connectivity index (χ0n) is 16.2. The molecule has 0 fully saturated rings. The normalized spacial score (nSPS) is 10.9. The van der Waals surface area contributed by atoms with Gasteiger partial charge in [-0.15, -0.1) is 10.2 Å². The Balaban J connectivity index is 1.69. The number of benzene rings is 2. The minimum absolute atomic E-state index is 0.0368. The molecule has 1 heterocycles. The second-order valence-corrected chi connectivity index (χ2v) is 7.68. The number of anilines is 1. The van der Waals surface area contributed by atoms with Gasteiger partial charge in [-0.2, -0.15) is 0 Å². The molecule has 0 atom stereocenters. The van der Waals surface area contributed by atoms with Crippen LogP contribution in [0.15, 0.2) is 53.7 Å². The Kier molecular flexibility index (Phi) is 6.75. The highest BCUT2D eigenvalue weighted by Crippen LogP contribution is 2.25. The first kappa shape index (κ1) is 20.4. The van der Waals surface area contributed by atoms with Crippen LogP contribution in [-0.2, 0) is 7.05 Å². The number of aromatic nitrogens is 3. The van der Waals surface area contributed by atoms with Gasteiger partial charge in [0.15, 0.2) is 16.8 Å². The Morgan fingerprint density at radius 2 is 1.68 bits per heavy atom. The van der Waals surface area contributed by atoms with Crippen LogP contribution in [0.2, 0.25) is 5.02 Å². The fourth-order valence-electron chi connectivity index (χ4n) is 2.95. The zero-order valence-corrected chi connectivity index (χ0v) is 17.8. The molecule has 0 radical (unpaired) electrons. The molecule has 1 aromatic heterocycles. The van der Waals surface area contributed by atoms with Gasteiger partial charge in [0, 0.05) is 42.0 Å². The van der Waals surface area contributed by atoms with Gasteiger partial charge in [0.25, 0.3) is 0 Å². The molecule has 3 aromatic rings. The molecule has 0 N–H and O–H groups in total. The summed E-state index contributed by atoms with van der Waals surface area (Å²) < 4.78 is 1.92. The van der Waals surface area contributed by atoms with Gasteiger partial charge in [-0.1, -0.05) is 23.4 Å².